The Hall–Kier alpha value is -2.55. The van der Waals surface area contributed by atoms with E-state index in [1.165, 1.54) is 0 Å². The van der Waals surface area contributed by atoms with Crippen LogP contribution in [0.3, 0.4) is 0 Å². The molecule has 0 unspecified atom stereocenters. The summed E-state index contributed by atoms with van der Waals surface area (Å²) < 4.78 is 0. The number of likely N-dealkylation sites (N-methyl/N-ethyl adjacent to an activating group) is 1. The molecule has 1 aromatic rings. The number of nitrogens with zero attached hydrogens (tertiary/aromatic N) is 3. The highest BCUT2D eigenvalue weighted by atomic mass is 16.2. The van der Waals surface area contributed by atoms with Gasteiger partial charge in [-0.05, 0) is 31.0 Å². The Morgan fingerprint density at radius 3 is 2.68 bits per heavy atom. The molecule has 22 heavy (non-hydrogen) atoms. The summed E-state index contributed by atoms with van der Waals surface area (Å²) in [5.41, 5.74) is 0.871. The number of nitriles is 1. The van der Waals surface area contributed by atoms with Crippen molar-refractivity contribution < 1.29 is 9.59 Å². The molecule has 1 aromatic carbocycles. The standard InChI is InChI=1S/C16H18N4O2/c1-19-15(22)18-11-16(19)5-7-20(8-6-16)14(21)13-4-2-3-12(9-13)10-17/h2-4,9H,5-8,11H2,1H3,(H,18,22). The Morgan fingerprint density at radius 1 is 1.36 bits per heavy atom. The van der Waals surface area contributed by atoms with E-state index in [1.54, 1.807) is 34.1 Å². The van der Waals surface area contributed by atoms with Crippen molar-refractivity contribution in [2.24, 2.45) is 0 Å². The number of piperidine rings is 1. The molecular weight excluding hydrogens is 280 g/mol. The van der Waals surface area contributed by atoms with E-state index in [0.29, 0.717) is 30.8 Å². The second-order valence-electron chi connectivity index (χ2n) is 5.93. The predicted molar refractivity (Wildman–Crippen MR) is 80.2 cm³/mol. The lowest BCUT2D eigenvalue weighted by Gasteiger charge is -2.42. The molecule has 0 bridgehead atoms. The summed E-state index contributed by atoms with van der Waals surface area (Å²) in [5.74, 6) is -0.0492. The lowest BCUT2D eigenvalue weighted by atomic mass is 9.87. The number of amides is 3. The van der Waals surface area contributed by atoms with Crippen molar-refractivity contribution in [1.29, 1.82) is 5.26 Å². The summed E-state index contributed by atoms with van der Waals surface area (Å²) in [6.45, 7) is 1.89. The van der Waals surface area contributed by atoms with Gasteiger partial charge in [-0.2, -0.15) is 5.26 Å². The number of hydrogen-bond acceptors (Lipinski definition) is 3. The number of carbonyl (C=O) groups is 2. The molecule has 0 radical (unpaired) electrons. The third-order valence-electron chi connectivity index (χ3n) is 4.80. The zero-order chi connectivity index (χ0) is 15.7. The summed E-state index contributed by atoms with van der Waals surface area (Å²) in [6, 6.07) is 8.79. The van der Waals surface area contributed by atoms with Crippen LogP contribution in [0.1, 0.15) is 28.8 Å². The summed E-state index contributed by atoms with van der Waals surface area (Å²) in [4.78, 5) is 27.8. The van der Waals surface area contributed by atoms with Crippen molar-refractivity contribution in [3.05, 3.63) is 35.4 Å². The Bertz CT molecular complexity index is 656. The lowest BCUT2D eigenvalue weighted by Crippen LogP contribution is -2.54. The van der Waals surface area contributed by atoms with Gasteiger partial charge in [-0.15, -0.1) is 0 Å². The van der Waals surface area contributed by atoms with Gasteiger partial charge < -0.3 is 15.1 Å². The monoisotopic (exact) mass is 298 g/mol. The van der Waals surface area contributed by atoms with E-state index in [-0.39, 0.29) is 17.5 Å². The molecule has 114 valence electrons. The molecule has 0 atom stereocenters. The van der Waals surface area contributed by atoms with Crippen LogP contribution >= 0.6 is 0 Å². The second kappa shape index (κ2) is 5.34. The van der Waals surface area contributed by atoms with Gasteiger partial charge in [-0.3, -0.25) is 4.79 Å². The summed E-state index contributed by atoms with van der Waals surface area (Å²) in [7, 11) is 1.82. The number of rotatable bonds is 1. The minimum atomic E-state index is -0.164. The van der Waals surface area contributed by atoms with Crippen LogP contribution in [-0.2, 0) is 0 Å². The van der Waals surface area contributed by atoms with E-state index in [9.17, 15) is 9.59 Å². The molecule has 3 amide bonds. The fourth-order valence-corrected chi connectivity index (χ4v) is 3.24. The van der Waals surface area contributed by atoms with Crippen LogP contribution in [0.2, 0.25) is 0 Å². The molecule has 0 aromatic heterocycles. The third-order valence-corrected chi connectivity index (χ3v) is 4.80. The van der Waals surface area contributed by atoms with E-state index in [0.717, 1.165) is 12.8 Å². The van der Waals surface area contributed by atoms with Crippen LogP contribution < -0.4 is 5.32 Å². The quantitative estimate of drug-likeness (QED) is 0.846. The van der Waals surface area contributed by atoms with Gasteiger partial charge in [0.05, 0.1) is 17.2 Å². The molecule has 0 aliphatic carbocycles. The van der Waals surface area contributed by atoms with Crippen molar-refractivity contribution >= 4 is 11.9 Å². The molecule has 0 saturated carbocycles. The van der Waals surface area contributed by atoms with Gasteiger partial charge >= 0.3 is 6.03 Å². The topological polar surface area (TPSA) is 76.4 Å². The van der Waals surface area contributed by atoms with Crippen LogP contribution in [0, 0.1) is 11.3 Å². The van der Waals surface area contributed by atoms with Gasteiger partial charge in [0.15, 0.2) is 0 Å². The van der Waals surface area contributed by atoms with Gasteiger partial charge in [-0.25, -0.2) is 4.79 Å². The molecule has 3 rings (SSSR count). The second-order valence-corrected chi connectivity index (χ2v) is 5.93. The Balaban J connectivity index is 1.70. The zero-order valence-corrected chi connectivity index (χ0v) is 12.5. The maximum atomic E-state index is 12.5. The van der Waals surface area contributed by atoms with Gasteiger partial charge in [0.25, 0.3) is 5.91 Å². The summed E-state index contributed by atoms with van der Waals surface area (Å²) in [6.07, 6.45) is 1.54. The number of hydrogen-bond donors (Lipinski definition) is 1. The largest absolute Gasteiger partial charge is 0.338 e. The van der Waals surface area contributed by atoms with Gasteiger partial charge in [0.2, 0.25) is 0 Å². The molecule has 2 saturated heterocycles. The fourth-order valence-electron chi connectivity index (χ4n) is 3.24. The number of benzene rings is 1. The fraction of sp³-hybridized carbons (Fsp3) is 0.438. The maximum Gasteiger partial charge on any atom is 0.317 e. The highest BCUT2D eigenvalue weighted by Gasteiger charge is 2.45. The van der Waals surface area contributed by atoms with Crippen LogP contribution in [-0.4, -0.2) is 54.0 Å². The minimum Gasteiger partial charge on any atom is -0.338 e. The van der Waals surface area contributed by atoms with Gasteiger partial charge in [0, 0.05) is 32.2 Å². The molecule has 2 aliphatic rings. The van der Waals surface area contributed by atoms with Crippen LogP contribution in [0.5, 0.6) is 0 Å². The van der Waals surface area contributed by atoms with Crippen LogP contribution in [0.4, 0.5) is 4.79 Å². The van der Waals surface area contributed by atoms with E-state index in [2.05, 4.69) is 11.4 Å². The van der Waals surface area contributed by atoms with Crippen molar-refractivity contribution in [1.82, 2.24) is 15.1 Å². The summed E-state index contributed by atoms with van der Waals surface area (Å²) >= 11 is 0. The molecule has 1 N–H and O–H groups in total. The smallest absolute Gasteiger partial charge is 0.317 e. The van der Waals surface area contributed by atoms with Crippen molar-refractivity contribution in [2.75, 3.05) is 26.7 Å². The van der Waals surface area contributed by atoms with Crippen molar-refractivity contribution in [3.63, 3.8) is 0 Å². The van der Waals surface area contributed by atoms with E-state index >= 15 is 0 Å². The molecule has 2 aliphatic heterocycles. The first-order valence-electron chi connectivity index (χ1n) is 7.37. The Kier molecular flexibility index (Phi) is 3.49. The molecule has 1 spiro atoms. The average Bonchev–Trinajstić information content (AvgIpc) is 2.84. The zero-order valence-electron chi connectivity index (χ0n) is 12.5. The number of nitrogens with one attached hydrogen (secondary N) is 1. The molecule has 2 fully saturated rings. The number of urea groups is 1. The van der Waals surface area contributed by atoms with E-state index in [1.807, 2.05) is 7.05 Å². The Labute approximate surface area is 129 Å². The van der Waals surface area contributed by atoms with Crippen LogP contribution in [0.25, 0.3) is 0 Å². The van der Waals surface area contributed by atoms with Gasteiger partial charge in [-0.1, -0.05) is 6.07 Å². The third kappa shape index (κ3) is 2.29. The normalized spacial score (nSPS) is 19.9. The molecular formula is C16H18N4O2. The molecule has 2 heterocycles. The first-order chi connectivity index (χ1) is 10.6. The first-order valence-corrected chi connectivity index (χ1v) is 7.37. The van der Waals surface area contributed by atoms with Crippen LogP contribution in [0.15, 0.2) is 24.3 Å². The number of carbonyl (C=O) groups excluding carboxylic acids is 2. The number of likely N-dealkylation sites (tertiary alicyclic amines) is 1. The highest BCUT2D eigenvalue weighted by molar-refractivity contribution is 5.94. The molecule has 6 heteroatoms. The van der Waals surface area contributed by atoms with E-state index in [4.69, 9.17) is 5.26 Å². The summed E-state index contributed by atoms with van der Waals surface area (Å²) in [5, 5.41) is 11.8. The average molecular weight is 298 g/mol. The Morgan fingerprint density at radius 2 is 2.09 bits per heavy atom. The highest BCUT2D eigenvalue weighted by Crippen LogP contribution is 2.31. The predicted octanol–water partition coefficient (Wildman–Crippen LogP) is 1.19. The lowest BCUT2D eigenvalue weighted by molar-refractivity contribution is 0.0565. The first kappa shape index (κ1) is 14.4. The minimum absolute atomic E-state index is 0.0403. The van der Waals surface area contributed by atoms with Crippen molar-refractivity contribution in [2.45, 2.75) is 18.4 Å². The van der Waals surface area contributed by atoms with E-state index < -0.39 is 0 Å². The molecule has 6 nitrogen and oxygen atoms in total. The van der Waals surface area contributed by atoms with Gasteiger partial charge in [0.1, 0.15) is 0 Å². The SMILES string of the molecule is CN1C(=O)NCC12CCN(C(=O)c1cccc(C#N)c1)CC2. The van der Waals surface area contributed by atoms with Crippen molar-refractivity contribution in [3.8, 4) is 6.07 Å². The maximum absolute atomic E-state index is 12.5.